The number of fused-ring (bicyclic) bond motifs is 2. The number of rotatable bonds is 2. The van der Waals surface area contributed by atoms with Crippen molar-refractivity contribution in [1.29, 1.82) is 0 Å². The molecule has 1 spiro atoms. The molecule has 6 rings (SSSR count). The van der Waals surface area contributed by atoms with Crippen LogP contribution in [0.5, 0.6) is 0 Å². The molecule has 6 aliphatic rings. The van der Waals surface area contributed by atoms with E-state index in [1.165, 1.54) is 26.2 Å². The van der Waals surface area contributed by atoms with E-state index in [9.17, 15) is 14.7 Å². The number of aliphatic hydroxyl groups is 1. The van der Waals surface area contributed by atoms with E-state index in [0.29, 0.717) is 23.7 Å². The summed E-state index contributed by atoms with van der Waals surface area (Å²) >= 11 is 0. The maximum atomic E-state index is 13.2. The molecular weight excluding hydrogens is 344 g/mol. The molecule has 5 fully saturated rings. The quantitative estimate of drug-likeness (QED) is 0.594. The predicted molar refractivity (Wildman–Crippen MR) is 97.3 cm³/mol. The zero-order valence-electron chi connectivity index (χ0n) is 16.7. The fourth-order valence-electron chi connectivity index (χ4n) is 8.36. The number of esters is 2. The minimum Gasteiger partial charge on any atom is -0.469 e. The lowest BCUT2D eigenvalue weighted by atomic mass is 9.60. The van der Waals surface area contributed by atoms with E-state index >= 15 is 0 Å². The number of aliphatic hydroxyl groups excluding tert-OH is 1. The Morgan fingerprint density at radius 1 is 1.15 bits per heavy atom. The molecule has 5 heteroatoms. The Hall–Kier alpha value is -1.36. The van der Waals surface area contributed by atoms with Crippen LogP contribution in [0.25, 0.3) is 0 Å². The van der Waals surface area contributed by atoms with Crippen LogP contribution < -0.4 is 0 Å². The molecule has 5 saturated carbocycles. The van der Waals surface area contributed by atoms with Gasteiger partial charge in [0.2, 0.25) is 0 Å². The Balaban J connectivity index is 1.70. The van der Waals surface area contributed by atoms with Crippen molar-refractivity contribution in [2.24, 2.45) is 45.8 Å². The van der Waals surface area contributed by atoms with E-state index in [4.69, 9.17) is 9.47 Å². The van der Waals surface area contributed by atoms with Crippen LogP contribution in [0.15, 0.2) is 11.6 Å². The molecule has 0 heterocycles. The Labute approximate surface area is 160 Å². The maximum Gasteiger partial charge on any atom is 0.314 e. The minimum atomic E-state index is -1.11. The molecule has 0 aromatic rings. The van der Waals surface area contributed by atoms with Crippen LogP contribution in [-0.4, -0.2) is 37.4 Å². The smallest absolute Gasteiger partial charge is 0.314 e. The summed E-state index contributed by atoms with van der Waals surface area (Å²) in [6, 6.07) is 0. The topological polar surface area (TPSA) is 72.8 Å². The van der Waals surface area contributed by atoms with Crippen LogP contribution >= 0.6 is 0 Å². The Morgan fingerprint density at radius 2 is 1.89 bits per heavy atom. The number of carbonyl (C=O) groups excluding carboxylic acids is 2. The third-order valence-electron chi connectivity index (χ3n) is 9.55. The molecule has 0 unspecified atom stereocenters. The van der Waals surface area contributed by atoms with Crippen molar-refractivity contribution in [1.82, 2.24) is 0 Å². The van der Waals surface area contributed by atoms with Gasteiger partial charge in [0.15, 0.2) is 0 Å². The lowest BCUT2D eigenvalue weighted by Gasteiger charge is -2.44. The number of ether oxygens (including phenoxy) is 2. The normalized spacial score (nSPS) is 54.3. The Bertz CT molecular complexity index is 758. The monoisotopic (exact) mass is 374 g/mol. The first-order valence-electron chi connectivity index (χ1n) is 10.3. The van der Waals surface area contributed by atoms with Gasteiger partial charge in [-0.25, -0.2) is 0 Å². The van der Waals surface area contributed by atoms with Crippen LogP contribution in [-0.2, 0) is 19.1 Å². The van der Waals surface area contributed by atoms with Crippen molar-refractivity contribution < 1.29 is 24.2 Å². The van der Waals surface area contributed by atoms with Crippen molar-refractivity contribution in [3.05, 3.63) is 11.6 Å². The lowest BCUT2D eigenvalue weighted by Crippen LogP contribution is -2.52. The van der Waals surface area contributed by atoms with E-state index in [1.807, 2.05) is 0 Å². The second-order valence-electron chi connectivity index (χ2n) is 10.2. The zero-order valence-corrected chi connectivity index (χ0v) is 16.7. The highest BCUT2D eigenvalue weighted by atomic mass is 16.5. The fraction of sp³-hybridized carbons (Fsp3) is 0.818. The summed E-state index contributed by atoms with van der Waals surface area (Å²) < 4.78 is 10.4. The van der Waals surface area contributed by atoms with Crippen molar-refractivity contribution in [2.45, 2.75) is 52.1 Å². The Kier molecular flexibility index (Phi) is 3.39. The molecule has 27 heavy (non-hydrogen) atoms. The number of hydrogen-bond donors (Lipinski definition) is 1. The largest absolute Gasteiger partial charge is 0.469 e. The molecule has 1 N–H and O–H groups in total. The van der Waals surface area contributed by atoms with Crippen LogP contribution in [0.1, 0.15) is 46.0 Å². The third-order valence-corrected chi connectivity index (χ3v) is 9.55. The molecule has 0 aromatic heterocycles. The van der Waals surface area contributed by atoms with E-state index in [0.717, 1.165) is 25.2 Å². The van der Waals surface area contributed by atoms with Gasteiger partial charge in [0.05, 0.1) is 31.7 Å². The summed E-state index contributed by atoms with van der Waals surface area (Å²) in [6.07, 6.45) is 6.13. The van der Waals surface area contributed by atoms with Gasteiger partial charge in [-0.2, -0.15) is 0 Å². The maximum absolute atomic E-state index is 13.2. The van der Waals surface area contributed by atoms with Gasteiger partial charge < -0.3 is 14.6 Å². The summed E-state index contributed by atoms with van der Waals surface area (Å²) in [5.74, 6) is 0.474. The molecule has 0 aliphatic heterocycles. The third kappa shape index (κ3) is 1.81. The molecule has 148 valence electrons. The molecule has 0 saturated heterocycles. The SMILES string of the molecule is COC(=O)[C@H]1[C@H]2C(=CC[C@H](O)[C@@]2(C)C(=O)OC)[C@@H]2CC[C@@H]3[C@H]4C[C@@]21C[C@]34C. The van der Waals surface area contributed by atoms with Gasteiger partial charge in [-0.1, -0.05) is 18.6 Å². The molecule has 0 amide bonds. The molecular formula is C22H30O5. The Morgan fingerprint density at radius 3 is 2.48 bits per heavy atom. The second-order valence-corrected chi connectivity index (χ2v) is 10.2. The average Bonchev–Trinajstić information content (AvgIpc) is 3.04. The van der Waals surface area contributed by atoms with E-state index in [1.54, 1.807) is 6.92 Å². The van der Waals surface area contributed by atoms with Gasteiger partial charge in [-0.05, 0) is 67.6 Å². The first-order valence-corrected chi connectivity index (χ1v) is 10.3. The van der Waals surface area contributed by atoms with Gasteiger partial charge >= 0.3 is 11.9 Å². The predicted octanol–water partition coefficient (Wildman–Crippen LogP) is 2.72. The van der Waals surface area contributed by atoms with Crippen LogP contribution in [0.3, 0.4) is 0 Å². The van der Waals surface area contributed by atoms with Gasteiger partial charge in [0.1, 0.15) is 0 Å². The minimum absolute atomic E-state index is 0.130. The van der Waals surface area contributed by atoms with Gasteiger partial charge in [0, 0.05) is 5.92 Å². The summed E-state index contributed by atoms with van der Waals surface area (Å²) in [5, 5.41) is 10.9. The van der Waals surface area contributed by atoms with E-state index in [2.05, 4.69) is 13.0 Å². The zero-order chi connectivity index (χ0) is 19.4. The lowest BCUT2D eigenvalue weighted by molar-refractivity contribution is -0.171. The van der Waals surface area contributed by atoms with Crippen LogP contribution in [0.4, 0.5) is 0 Å². The fourth-order valence-corrected chi connectivity index (χ4v) is 8.36. The molecule has 0 radical (unpaired) electrons. The van der Waals surface area contributed by atoms with Crippen LogP contribution in [0.2, 0.25) is 0 Å². The summed E-state index contributed by atoms with van der Waals surface area (Å²) in [7, 11) is 2.81. The van der Waals surface area contributed by atoms with Crippen molar-refractivity contribution >= 4 is 11.9 Å². The average molecular weight is 374 g/mol. The summed E-state index contributed by atoms with van der Waals surface area (Å²) in [5.41, 5.74) is 0.324. The van der Waals surface area contributed by atoms with Crippen molar-refractivity contribution in [2.75, 3.05) is 14.2 Å². The number of methoxy groups -OCH3 is 2. The van der Waals surface area contributed by atoms with Crippen molar-refractivity contribution in [3.8, 4) is 0 Å². The highest BCUT2D eigenvalue weighted by molar-refractivity contribution is 5.83. The molecule has 4 bridgehead atoms. The molecule has 0 aromatic carbocycles. The summed E-state index contributed by atoms with van der Waals surface area (Å²) in [4.78, 5) is 26.0. The summed E-state index contributed by atoms with van der Waals surface area (Å²) in [6.45, 7) is 4.18. The van der Waals surface area contributed by atoms with Crippen LogP contribution in [0, 0.1) is 45.8 Å². The van der Waals surface area contributed by atoms with Gasteiger partial charge in [-0.15, -0.1) is 0 Å². The molecule has 5 nitrogen and oxygen atoms in total. The van der Waals surface area contributed by atoms with Gasteiger partial charge in [-0.3, -0.25) is 9.59 Å². The molecule has 6 aliphatic carbocycles. The van der Waals surface area contributed by atoms with Crippen molar-refractivity contribution in [3.63, 3.8) is 0 Å². The number of allylic oxidation sites excluding steroid dienone is 1. The second kappa shape index (κ2) is 5.16. The van der Waals surface area contributed by atoms with Gasteiger partial charge in [0.25, 0.3) is 0 Å². The molecule has 9 atom stereocenters. The standard InChI is InChI=1S/C22H30O5/c1-20-10-22-9-14(20)13(20)7-6-12(22)11-5-8-15(23)21(2,19(25)27-4)16(11)17(22)18(24)26-3/h5,12-17,23H,6-10H2,1-4H3/t12-,13+,14+,15-,16+,17+,20+,21+,22+/m0/s1. The number of carbonyl (C=O) groups is 2. The highest BCUT2D eigenvalue weighted by Gasteiger charge is 2.79. The van der Waals surface area contributed by atoms with E-state index in [-0.39, 0.29) is 23.2 Å². The highest BCUT2D eigenvalue weighted by Crippen LogP contribution is 2.83. The van der Waals surface area contributed by atoms with E-state index < -0.39 is 17.5 Å². The first-order chi connectivity index (χ1) is 12.8. The number of hydrogen-bond acceptors (Lipinski definition) is 5. The first kappa shape index (κ1) is 17.7.